The number of rotatable bonds is 6. The molecule has 0 aromatic heterocycles. The minimum atomic E-state index is -0.269. The van der Waals surface area contributed by atoms with Gasteiger partial charge in [0.25, 0.3) is 0 Å². The van der Waals surface area contributed by atoms with Crippen molar-refractivity contribution in [3.63, 3.8) is 0 Å². The molecule has 0 fully saturated rings. The first-order valence-electron chi connectivity index (χ1n) is 9.10. The number of aryl methyl sites for hydroxylation is 2. The first kappa shape index (κ1) is 18.0. The Morgan fingerprint density at radius 1 is 1.16 bits per heavy atom. The molecule has 1 atom stereocenters. The Bertz CT molecular complexity index is 752. The average molecular weight is 339 g/mol. The van der Waals surface area contributed by atoms with Crippen molar-refractivity contribution in [2.75, 3.05) is 6.61 Å². The van der Waals surface area contributed by atoms with Gasteiger partial charge >= 0.3 is 0 Å². The molecule has 2 N–H and O–H groups in total. The second-order valence-corrected chi connectivity index (χ2v) is 7.78. The lowest BCUT2D eigenvalue weighted by Crippen LogP contribution is -2.42. The molecular weight excluding hydrogens is 310 g/mol. The van der Waals surface area contributed by atoms with Crippen molar-refractivity contribution < 1.29 is 9.84 Å². The van der Waals surface area contributed by atoms with Crippen LogP contribution >= 0.6 is 0 Å². The zero-order chi connectivity index (χ0) is 18.0. The van der Waals surface area contributed by atoms with E-state index < -0.39 is 0 Å². The van der Waals surface area contributed by atoms with Gasteiger partial charge in [0.1, 0.15) is 11.9 Å². The van der Waals surface area contributed by atoms with E-state index in [0.717, 1.165) is 30.7 Å². The van der Waals surface area contributed by atoms with E-state index in [9.17, 15) is 5.11 Å². The summed E-state index contributed by atoms with van der Waals surface area (Å²) < 4.78 is 6.35. The highest BCUT2D eigenvalue weighted by Crippen LogP contribution is 2.37. The molecule has 2 aromatic carbocycles. The SMILES string of the molecule is Cc1cc(CNC(C)(C)CO)ccc1OC1CCc2c(C)cccc21. The predicted molar refractivity (Wildman–Crippen MR) is 102 cm³/mol. The number of fused-ring (bicyclic) bond motifs is 1. The molecule has 0 saturated heterocycles. The number of aliphatic hydroxyl groups excluding tert-OH is 1. The van der Waals surface area contributed by atoms with Crippen LogP contribution in [0.1, 0.15) is 54.2 Å². The normalized spacial score (nSPS) is 16.8. The maximum Gasteiger partial charge on any atom is 0.124 e. The van der Waals surface area contributed by atoms with Crippen LogP contribution < -0.4 is 10.1 Å². The van der Waals surface area contributed by atoms with Crippen molar-refractivity contribution in [3.8, 4) is 5.75 Å². The molecule has 0 amide bonds. The summed E-state index contributed by atoms with van der Waals surface area (Å²) in [5.74, 6) is 0.963. The lowest BCUT2D eigenvalue weighted by molar-refractivity contribution is 0.187. The third kappa shape index (κ3) is 4.05. The summed E-state index contributed by atoms with van der Waals surface area (Å²) in [6.07, 6.45) is 2.31. The second-order valence-electron chi connectivity index (χ2n) is 7.78. The molecule has 0 radical (unpaired) electrons. The first-order valence-corrected chi connectivity index (χ1v) is 9.10. The van der Waals surface area contributed by atoms with Crippen molar-refractivity contribution >= 4 is 0 Å². The van der Waals surface area contributed by atoms with Gasteiger partial charge in [-0.05, 0) is 74.4 Å². The van der Waals surface area contributed by atoms with Gasteiger partial charge < -0.3 is 15.2 Å². The first-order chi connectivity index (χ1) is 11.9. The van der Waals surface area contributed by atoms with Crippen LogP contribution in [0, 0.1) is 13.8 Å². The smallest absolute Gasteiger partial charge is 0.124 e. The van der Waals surface area contributed by atoms with Crippen LogP contribution in [0.5, 0.6) is 5.75 Å². The van der Waals surface area contributed by atoms with Crippen LogP contribution in [-0.4, -0.2) is 17.3 Å². The Morgan fingerprint density at radius 2 is 1.96 bits per heavy atom. The fourth-order valence-corrected chi connectivity index (χ4v) is 3.43. The Labute approximate surface area is 151 Å². The topological polar surface area (TPSA) is 41.5 Å². The van der Waals surface area contributed by atoms with Crippen molar-refractivity contribution in [1.82, 2.24) is 5.32 Å². The van der Waals surface area contributed by atoms with Gasteiger partial charge in [0, 0.05) is 12.1 Å². The van der Waals surface area contributed by atoms with Crippen LogP contribution in [0.3, 0.4) is 0 Å². The fraction of sp³-hybridized carbons (Fsp3) is 0.455. The van der Waals surface area contributed by atoms with Gasteiger partial charge in [0.2, 0.25) is 0 Å². The van der Waals surface area contributed by atoms with E-state index in [1.807, 2.05) is 13.8 Å². The van der Waals surface area contributed by atoms with Gasteiger partial charge in [-0.2, -0.15) is 0 Å². The highest BCUT2D eigenvalue weighted by molar-refractivity contribution is 5.42. The zero-order valence-electron chi connectivity index (χ0n) is 15.7. The van der Waals surface area contributed by atoms with E-state index in [1.165, 1.54) is 22.3 Å². The molecule has 3 nitrogen and oxygen atoms in total. The number of aliphatic hydroxyl groups is 1. The number of ether oxygens (including phenoxy) is 1. The molecule has 2 aromatic rings. The fourth-order valence-electron chi connectivity index (χ4n) is 3.43. The molecule has 3 heteroatoms. The summed E-state index contributed by atoms with van der Waals surface area (Å²) in [5, 5.41) is 12.7. The van der Waals surface area contributed by atoms with Gasteiger partial charge in [-0.25, -0.2) is 0 Å². The Balaban J connectivity index is 1.70. The zero-order valence-corrected chi connectivity index (χ0v) is 15.7. The quantitative estimate of drug-likeness (QED) is 0.827. The summed E-state index contributed by atoms with van der Waals surface area (Å²) in [5.41, 5.74) is 6.26. The van der Waals surface area contributed by atoms with Crippen molar-refractivity contribution in [2.24, 2.45) is 0 Å². The van der Waals surface area contributed by atoms with E-state index in [0.29, 0.717) is 0 Å². The highest BCUT2D eigenvalue weighted by Gasteiger charge is 2.25. The van der Waals surface area contributed by atoms with E-state index >= 15 is 0 Å². The Kier molecular flexibility index (Phi) is 5.16. The molecular formula is C22H29NO2. The summed E-state index contributed by atoms with van der Waals surface area (Å²) >= 11 is 0. The molecule has 0 bridgehead atoms. The molecule has 1 unspecified atom stereocenters. The Hall–Kier alpha value is -1.84. The monoisotopic (exact) mass is 339 g/mol. The van der Waals surface area contributed by atoms with Gasteiger partial charge in [0.15, 0.2) is 0 Å². The lowest BCUT2D eigenvalue weighted by Gasteiger charge is -2.24. The van der Waals surface area contributed by atoms with Crippen molar-refractivity contribution in [3.05, 3.63) is 64.2 Å². The predicted octanol–water partition coefficient (Wildman–Crippen LogP) is 4.23. The average Bonchev–Trinajstić information content (AvgIpc) is 3.00. The largest absolute Gasteiger partial charge is 0.485 e. The molecule has 1 aliphatic carbocycles. The minimum Gasteiger partial charge on any atom is -0.485 e. The summed E-state index contributed by atoms with van der Waals surface area (Å²) in [7, 11) is 0. The molecule has 0 saturated carbocycles. The summed E-state index contributed by atoms with van der Waals surface area (Å²) in [4.78, 5) is 0. The van der Waals surface area contributed by atoms with Gasteiger partial charge in [-0.15, -0.1) is 0 Å². The molecule has 0 heterocycles. The van der Waals surface area contributed by atoms with Crippen LogP contribution in [0.25, 0.3) is 0 Å². The van der Waals surface area contributed by atoms with E-state index in [2.05, 4.69) is 55.6 Å². The number of hydrogen-bond donors (Lipinski definition) is 2. The third-order valence-electron chi connectivity index (χ3n) is 5.12. The van der Waals surface area contributed by atoms with E-state index in [-0.39, 0.29) is 18.2 Å². The maximum absolute atomic E-state index is 9.35. The van der Waals surface area contributed by atoms with Crippen molar-refractivity contribution in [2.45, 2.75) is 58.7 Å². The van der Waals surface area contributed by atoms with Gasteiger partial charge in [-0.1, -0.05) is 30.3 Å². The van der Waals surface area contributed by atoms with Gasteiger partial charge in [0.05, 0.1) is 6.61 Å². The van der Waals surface area contributed by atoms with Crippen molar-refractivity contribution in [1.29, 1.82) is 0 Å². The van der Waals surface area contributed by atoms with Crippen LogP contribution in [0.4, 0.5) is 0 Å². The standard InChI is InChI=1S/C22H29NO2/c1-15-6-5-7-19-18(15)9-11-21(19)25-20-10-8-17(12-16(20)2)13-23-22(3,4)14-24/h5-8,10,12,21,23-24H,9,11,13-14H2,1-4H3. The molecule has 0 spiro atoms. The molecule has 0 aliphatic heterocycles. The van der Waals surface area contributed by atoms with Crippen LogP contribution in [-0.2, 0) is 13.0 Å². The summed E-state index contributed by atoms with van der Waals surface area (Å²) in [6.45, 7) is 9.13. The minimum absolute atomic E-state index is 0.119. The number of nitrogens with one attached hydrogen (secondary N) is 1. The van der Waals surface area contributed by atoms with E-state index in [1.54, 1.807) is 0 Å². The number of hydrogen-bond acceptors (Lipinski definition) is 3. The van der Waals surface area contributed by atoms with Crippen LogP contribution in [0.15, 0.2) is 36.4 Å². The molecule has 1 aliphatic rings. The molecule has 134 valence electrons. The molecule has 25 heavy (non-hydrogen) atoms. The van der Waals surface area contributed by atoms with E-state index in [4.69, 9.17) is 4.74 Å². The number of benzene rings is 2. The highest BCUT2D eigenvalue weighted by atomic mass is 16.5. The Morgan fingerprint density at radius 3 is 2.68 bits per heavy atom. The summed E-state index contributed by atoms with van der Waals surface area (Å²) in [6, 6.07) is 12.9. The maximum atomic E-state index is 9.35. The lowest BCUT2D eigenvalue weighted by atomic mass is 10.0. The van der Waals surface area contributed by atoms with Crippen LogP contribution in [0.2, 0.25) is 0 Å². The second kappa shape index (κ2) is 7.19. The van der Waals surface area contributed by atoms with Gasteiger partial charge in [-0.3, -0.25) is 0 Å². The molecule has 3 rings (SSSR count). The third-order valence-corrected chi connectivity index (χ3v) is 5.12.